The van der Waals surface area contributed by atoms with Crippen molar-refractivity contribution in [1.29, 1.82) is 0 Å². The SMILES string of the molecule is CC(CO)S(=O)(=O)NCC1(C)CCCC1. The summed E-state index contributed by atoms with van der Waals surface area (Å²) in [5.41, 5.74) is 0.113. The second-order valence-electron chi connectivity index (χ2n) is 4.88. The number of hydrogen-bond donors (Lipinski definition) is 2. The van der Waals surface area contributed by atoms with E-state index in [9.17, 15) is 8.42 Å². The van der Waals surface area contributed by atoms with Gasteiger partial charge in [0.2, 0.25) is 10.0 Å². The molecule has 15 heavy (non-hydrogen) atoms. The Morgan fingerprint density at radius 2 is 1.93 bits per heavy atom. The van der Waals surface area contributed by atoms with Gasteiger partial charge in [-0.15, -0.1) is 0 Å². The molecule has 0 aromatic heterocycles. The number of sulfonamides is 1. The predicted octanol–water partition coefficient (Wildman–Crippen LogP) is 0.867. The maximum absolute atomic E-state index is 11.6. The molecule has 1 saturated carbocycles. The molecule has 0 spiro atoms. The van der Waals surface area contributed by atoms with Crippen LogP contribution in [0.15, 0.2) is 0 Å². The Morgan fingerprint density at radius 1 is 1.40 bits per heavy atom. The molecule has 1 unspecified atom stereocenters. The minimum atomic E-state index is -3.34. The number of hydrogen-bond acceptors (Lipinski definition) is 3. The van der Waals surface area contributed by atoms with Gasteiger partial charge in [-0.3, -0.25) is 0 Å². The zero-order chi connectivity index (χ0) is 11.5. The molecule has 0 saturated heterocycles. The quantitative estimate of drug-likeness (QED) is 0.743. The number of rotatable bonds is 5. The predicted molar refractivity (Wildman–Crippen MR) is 60.0 cm³/mol. The van der Waals surface area contributed by atoms with Crippen LogP contribution in [0, 0.1) is 5.41 Å². The molecule has 4 nitrogen and oxygen atoms in total. The average Bonchev–Trinajstić information content (AvgIpc) is 2.62. The summed E-state index contributed by atoms with van der Waals surface area (Å²) in [5, 5.41) is 8.09. The molecule has 0 aliphatic heterocycles. The first-order valence-electron chi connectivity index (χ1n) is 5.49. The van der Waals surface area contributed by atoms with Gasteiger partial charge >= 0.3 is 0 Å². The van der Waals surface area contributed by atoms with E-state index < -0.39 is 15.3 Å². The molecule has 2 N–H and O–H groups in total. The standard InChI is InChI=1S/C10H21NO3S/c1-9(7-12)15(13,14)11-8-10(2)5-3-4-6-10/h9,11-12H,3-8H2,1-2H3. The fourth-order valence-corrected chi connectivity index (χ4v) is 2.95. The molecule has 0 aromatic rings. The maximum Gasteiger partial charge on any atom is 0.216 e. The minimum absolute atomic E-state index is 0.113. The Morgan fingerprint density at radius 3 is 2.40 bits per heavy atom. The third-order valence-corrected chi connectivity index (χ3v) is 5.05. The smallest absolute Gasteiger partial charge is 0.216 e. The van der Waals surface area contributed by atoms with Crippen LogP contribution in [0.1, 0.15) is 39.5 Å². The first-order chi connectivity index (χ1) is 6.90. The van der Waals surface area contributed by atoms with Gasteiger partial charge in [-0.25, -0.2) is 13.1 Å². The molecule has 5 heteroatoms. The van der Waals surface area contributed by atoms with Crippen LogP contribution in [0.25, 0.3) is 0 Å². The summed E-state index contributed by atoms with van der Waals surface area (Å²) in [5.74, 6) is 0. The van der Waals surface area contributed by atoms with E-state index in [0.717, 1.165) is 12.8 Å². The van der Waals surface area contributed by atoms with E-state index in [1.807, 2.05) is 0 Å². The molecule has 90 valence electrons. The van der Waals surface area contributed by atoms with Gasteiger partial charge in [0.1, 0.15) is 0 Å². The van der Waals surface area contributed by atoms with E-state index in [0.29, 0.717) is 6.54 Å². The van der Waals surface area contributed by atoms with Crippen LogP contribution in [0.3, 0.4) is 0 Å². The van der Waals surface area contributed by atoms with Crippen molar-refractivity contribution in [3.63, 3.8) is 0 Å². The zero-order valence-corrected chi connectivity index (χ0v) is 10.3. The lowest BCUT2D eigenvalue weighted by atomic mass is 9.89. The molecule has 1 rings (SSSR count). The summed E-state index contributed by atoms with van der Waals surface area (Å²) >= 11 is 0. The van der Waals surface area contributed by atoms with E-state index >= 15 is 0 Å². The average molecular weight is 235 g/mol. The van der Waals surface area contributed by atoms with Gasteiger partial charge in [-0.2, -0.15) is 0 Å². The zero-order valence-electron chi connectivity index (χ0n) is 9.49. The van der Waals surface area contributed by atoms with Gasteiger partial charge in [-0.1, -0.05) is 19.8 Å². The summed E-state index contributed by atoms with van der Waals surface area (Å²) in [4.78, 5) is 0. The third-order valence-electron chi connectivity index (χ3n) is 3.30. The van der Waals surface area contributed by atoms with Crippen molar-refractivity contribution in [2.24, 2.45) is 5.41 Å². The number of nitrogens with one attached hydrogen (secondary N) is 1. The molecule has 0 heterocycles. The fourth-order valence-electron chi connectivity index (χ4n) is 1.92. The molecule has 0 bridgehead atoms. The molecule has 1 atom stereocenters. The number of aliphatic hydroxyl groups is 1. The van der Waals surface area contributed by atoms with E-state index in [4.69, 9.17) is 5.11 Å². The van der Waals surface area contributed by atoms with Crippen molar-refractivity contribution in [3.05, 3.63) is 0 Å². The summed E-state index contributed by atoms with van der Waals surface area (Å²) in [6.07, 6.45) is 4.55. The van der Waals surface area contributed by atoms with E-state index in [1.165, 1.54) is 19.8 Å². The van der Waals surface area contributed by atoms with Crippen molar-refractivity contribution in [3.8, 4) is 0 Å². The Balaban J connectivity index is 2.49. The Hall–Kier alpha value is -0.130. The number of aliphatic hydroxyl groups excluding tert-OH is 1. The Kier molecular flexibility index (Phi) is 4.14. The normalized spacial score (nSPS) is 22.9. The highest BCUT2D eigenvalue weighted by molar-refractivity contribution is 7.90. The highest BCUT2D eigenvalue weighted by Crippen LogP contribution is 2.36. The first-order valence-corrected chi connectivity index (χ1v) is 7.04. The monoisotopic (exact) mass is 235 g/mol. The summed E-state index contributed by atoms with van der Waals surface area (Å²) < 4.78 is 25.8. The molecular weight excluding hydrogens is 214 g/mol. The van der Waals surface area contributed by atoms with Gasteiger partial charge in [0, 0.05) is 6.54 Å². The highest BCUT2D eigenvalue weighted by atomic mass is 32.2. The van der Waals surface area contributed by atoms with Gasteiger partial charge in [-0.05, 0) is 25.2 Å². The molecule has 1 fully saturated rings. The topological polar surface area (TPSA) is 66.4 Å². The van der Waals surface area contributed by atoms with E-state index in [2.05, 4.69) is 11.6 Å². The Labute approximate surface area is 92.1 Å². The van der Waals surface area contributed by atoms with Crippen molar-refractivity contribution in [1.82, 2.24) is 4.72 Å². The Bertz CT molecular complexity index is 294. The maximum atomic E-state index is 11.6. The highest BCUT2D eigenvalue weighted by Gasteiger charge is 2.31. The second kappa shape index (κ2) is 4.80. The van der Waals surface area contributed by atoms with Crippen molar-refractivity contribution < 1.29 is 13.5 Å². The van der Waals surface area contributed by atoms with E-state index in [1.54, 1.807) is 0 Å². The summed E-state index contributed by atoms with van der Waals surface area (Å²) in [7, 11) is -3.34. The lowest BCUT2D eigenvalue weighted by molar-refractivity contribution is 0.292. The third kappa shape index (κ3) is 3.43. The molecule has 0 amide bonds. The van der Waals surface area contributed by atoms with Crippen LogP contribution in [0.4, 0.5) is 0 Å². The summed E-state index contributed by atoms with van der Waals surface area (Å²) in [6, 6.07) is 0. The lowest BCUT2D eigenvalue weighted by Crippen LogP contribution is -2.40. The van der Waals surface area contributed by atoms with Crippen LogP contribution < -0.4 is 4.72 Å². The van der Waals surface area contributed by atoms with Crippen LogP contribution in [0.5, 0.6) is 0 Å². The van der Waals surface area contributed by atoms with Gasteiger partial charge in [0.05, 0.1) is 11.9 Å². The minimum Gasteiger partial charge on any atom is -0.395 e. The van der Waals surface area contributed by atoms with E-state index in [-0.39, 0.29) is 12.0 Å². The fraction of sp³-hybridized carbons (Fsp3) is 1.00. The van der Waals surface area contributed by atoms with Gasteiger partial charge in [0.15, 0.2) is 0 Å². The van der Waals surface area contributed by atoms with Crippen molar-refractivity contribution in [2.45, 2.75) is 44.8 Å². The van der Waals surface area contributed by atoms with Crippen molar-refractivity contribution in [2.75, 3.05) is 13.2 Å². The van der Waals surface area contributed by atoms with Crippen molar-refractivity contribution >= 4 is 10.0 Å². The van der Waals surface area contributed by atoms with Crippen LogP contribution in [-0.2, 0) is 10.0 Å². The van der Waals surface area contributed by atoms with Gasteiger partial charge < -0.3 is 5.11 Å². The molecule has 0 radical (unpaired) electrons. The summed E-state index contributed by atoms with van der Waals surface area (Å²) in [6.45, 7) is 3.80. The molecule has 1 aliphatic carbocycles. The van der Waals surface area contributed by atoms with Gasteiger partial charge in [0.25, 0.3) is 0 Å². The molecular formula is C10H21NO3S. The first kappa shape index (κ1) is 12.9. The van der Waals surface area contributed by atoms with Crippen LogP contribution >= 0.6 is 0 Å². The molecule has 0 aromatic carbocycles. The molecule has 1 aliphatic rings. The van der Waals surface area contributed by atoms with Crippen LogP contribution in [-0.4, -0.2) is 31.9 Å². The van der Waals surface area contributed by atoms with Crippen LogP contribution in [0.2, 0.25) is 0 Å². The second-order valence-corrected chi connectivity index (χ2v) is 7.06. The lowest BCUT2D eigenvalue weighted by Gasteiger charge is -2.24. The largest absolute Gasteiger partial charge is 0.395 e.